The molecule has 1 aliphatic heterocycles. The van der Waals surface area contributed by atoms with E-state index < -0.39 is 0 Å². The summed E-state index contributed by atoms with van der Waals surface area (Å²) in [6.45, 7) is 4.00. The molecule has 0 radical (unpaired) electrons. The number of piperazine rings is 1. The van der Waals surface area contributed by atoms with Gasteiger partial charge in [0, 0.05) is 43.7 Å². The number of aromatic nitrogens is 1. The lowest BCUT2D eigenvalue weighted by Crippen LogP contribution is -2.48. The zero-order valence-corrected chi connectivity index (χ0v) is 20.2. The van der Waals surface area contributed by atoms with Gasteiger partial charge in [-0.3, -0.25) is 9.69 Å². The molecule has 0 spiro atoms. The molecule has 0 N–H and O–H groups in total. The van der Waals surface area contributed by atoms with Crippen LogP contribution in [0, 0.1) is 5.82 Å². The second kappa shape index (κ2) is 10.5. The van der Waals surface area contributed by atoms with E-state index in [9.17, 15) is 9.18 Å². The van der Waals surface area contributed by atoms with E-state index in [2.05, 4.69) is 34.1 Å². The number of rotatable bonds is 7. The molecule has 4 aromatic rings. The van der Waals surface area contributed by atoms with Crippen molar-refractivity contribution in [2.24, 2.45) is 0 Å². The minimum absolute atomic E-state index is 0.0524. The Labute approximate surface area is 206 Å². The summed E-state index contributed by atoms with van der Waals surface area (Å²) in [4.78, 5) is 21.8. The van der Waals surface area contributed by atoms with Gasteiger partial charge in [-0.15, -0.1) is 11.3 Å². The fourth-order valence-electron chi connectivity index (χ4n) is 3.89. The smallest absolute Gasteiger partial charge is 0.289 e. The standard InChI is InChI=1S/C26H24FN3O2S2/c27-21-8-6-20(7-9-21)23-18-34-26(28-23)33-17-22-10-11-24(32-22)25(31)30-14-12-29(13-15-30)16-19-4-2-1-3-5-19/h1-11,18H,12-17H2. The summed E-state index contributed by atoms with van der Waals surface area (Å²) in [5, 5.41) is 1.96. The zero-order chi connectivity index (χ0) is 23.3. The Kier molecular flexibility index (Phi) is 7.08. The van der Waals surface area contributed by atoms with Crippen molar-refractivity contribution in [1.82, 2.24) is 14.8 Å². The highest BCUT2D eigenvalue weighted by Gasteiger charge is 2.24. The van der Waals surface area contributed by atoms with Gasteiger partial charge in [-0.1, -0.05) is 42.1 Å². The highest BCUT2D eigenvalue weighted by atomic mass is 32.2. The molecule has 1 aliphatic rings. The number of halogens is 1. The lowest BCUT2D eigenvalue weighted by atomic mass is 10.2. The van der Waals surface area contributed by atoms with Crippen LogP contribution in [0.3, 0.4) is 0 Å². The first kappa shape index (κ1) is 22.8. The van der Waals surface area contributed by atoms with Crippen LogP contribution in [0.25, 0.3) is 11.3 Å². The van der Waals surface area contributed by atoms with Crippen LogP contribution in [0.4, 0.5) is 4.39 Å². The molecule has 2 aromatic carbocycles. The number of thiazole rings is 1. The maximum absolute atomic E-state index is 13.1. The Bertz CT molecular complexity index is 1230. The van der Waals surface area contributed by atoms with Crippen LogP contribution in [0.2, 0.25) is 0 Å². The molecule has 2 aromatic heterocycles. The van der Waals surface area contributed by atoms with Crippen molar-refractivity contribution in [3.8, 4) is 11.3 Å². The van der Waals surface area contributed by atoms with Crippen LogP contribution in [-0.4, -0.2) is 46.9 Å². The van der Waals surface area contributed by atoms with Crippen molar-refractivity contribution in [2.75, 3.05) is 26.2 Å². The summed E-state index contributed by atoms with van der Waals surface area (Å²) in [5.41, 5.74) is 3.01. The van der Waals surface area contributed by atoms with Gasteiger partial charge in [0.15, 0.2) is 10.1 Å². The first-order chi connectivity index (χ1) is 16.6. The molecule has 1 saturated heterocycles. The third kappa shape index (κ3) is 5.58. The summed E-state index contributed by atoms with van der Waals surface area (Å²) in [6.07, 6.45) is 0. The van der Waals surface area contributed by atoms with Crippen LogP contribution in [0.15, 0.2) is 80.9 Å². The van der Waals surface area contributed by atoms with Crippen molar-refractivity contribution >= 4 is 29.0 Å². The van der Waals surface area contributed by atoms with Crippen molar-refractivity contribution in [3.05, 3.63) is 95.0 Å². The van der Waals surface area contributed by atoms with Crippen LogP contribution < -0.4 is 0 Å². The maximum Gasteiger partial charge on any atom is 0.289 e. The number of amides is 1. The first-order valence-corrected chi connectivity index (χ1v) is 13.0. The van der Waals surface area contributed by atoms with Gasteiger partial charge in [0.25, 0.3) is 5.91 Å². The fourth-order valence-corrected chi connectivity index (χ4v) is 5.62. The van der Waals surface area contributed by atoms with Crippen LogP contribution in [0.5, 0.6) is 0 Å². The van der Waals surface area contributed by atoms with Crippen LogP contribution >= 0.6 is 23.1 Å². The van der Waals surface area contributed by atoms with Gasteiger partial charge in [0.2, 0.25) is 0 Å². The van der Waals surface area contributed by atoms with Crippen molar-refractivity contribution in [3.63, 3.8) is 0 Å². The van der Waals surface area contributed by atoms with Gasteiger partial charge >= 0.3 is 0 Å². The van der Waals surface area contributed by atoms with E-state index in [1.165, 1.54) is 17.7 Å². The number of benzene rings is 2. The molecule has 1 fully saturated rings. The van der Waals surface area contributed by atoms with Crippen molar-refractivity contribution < 1.29 is 13.6 Å². The minimum Gasteiger partial charge on any atom is -0.455 e. The monoisotopic (exact) mass is 493 g/mol. The number of carbonyl (C=O) groups excluding carboxylic acids is 1. The van der Waals surface area contributed by atoms with E-state index in [0.717, 1.165) is 41.0 Å². The maximum atomic E-state index is 13.1. The number of carbonyl (C=O) groups is 1. The van der Waals surface area contributed by atoms with E-state index in [1.807, 2.05) is 22.4 Å². The van der Waals surface area contributed by atoms with Gasteiger partial charge in [-0.25, -0.2) is 9.37 Å². The van der Waals surface area contributed by atoms with Gasteiger partial charge in [0.05, 0.1) is 11.4 Å². The molecule has 0 saturated carbocycles. The Balaban J connectivity index is 1.12. The predicted octanol–water partition coefficient (Wildman–Crippen LogP) is 5.79. The van der Waals surface area contributed by atoms with E-state index >= 15 is 0 Å². The molecule has 0 unspecified atom stereocenters. The topological polar surface area (TPSA) is 49.6 Å². The number of thioether (sulfide) groups is 1. The Hall–Kier alpha value is -2.94. The van der Waals surface area contributed by atoms with E-state index in [4.69, 9.17) is 4.42 Å². The zero-order valence-electron chi connectivity index (χ0n) is 18.5. The normalized spacial score (nSPS) is 14.4. The number of furan rings is 1. The molecule has 174 valence electrons. The molecule has 5 nitrogen and oxygen atoms in total. The second-order valence-corrected chi connectivity index (χ2v) is 10.2. The third-order valence-corrected chi connectivity index (χ3v) is 7.79. The molecular formula is C26H24FN3O2S2. The number of hydrogen-bond acceptors (Lipinski definition) is 6. The molecule has 0 bridgehead atoms. The van der Waals surface area contributed by atoms with E-state index in [1.54, 1.807) is 41.3 Å². The van der Waals surface area contributed by atoms with E-state index in [0.29, 0.717) is 24.6 Å². The van der Waals surface area contributed by atoms with Gasteiger partial charge in [0.1, 0.15) is 11.6 Å². The highest BCUT2D eigenvalue weighted by molar-refractivity contribution is 8.00. The second-order valence-electron chi connectivity index (χ2n) is 8.11. The Morgan fingerprint density at radius 3 is 2.53 bits per heavy atom. The lowest BCUT2D eigenvalue weighted by molar-refractivity contribution is 0.0596. The summed E-state index contributed by atoms with van der Waals surface area (Å²) in [6, 6.07) is 20.4. The summed E-state index contributed by atoms with van der Waals surface area (Å²) in [7, 11) is 0. The average Bonchev–Trinajstić information content (AvgIpc) is 3.54. The average molecular weight is 494 g/mol. The number of hydrogen-bond donors (Lipinski definition) is 0. The predicted molar refractivity (Wildman–Crippen MR) is 133 cm³/mol. The minimum atomic E-state index is -0.259. The van der Waals surface area contributed by atoms with Crippen LogP contribution in [-0.2, 0) is 12.3 Å². The first-order valence-electron chi connectivity index (χ1n) is 11.1. The Morgan fingerprint density at radius 2 is 1.76 bits per heavy atom. The summed E-state index contributed by atoms with van der Waals surface area (Å²) >= 11 is 3.10. The van der Waals surface area contributed by atoms with Gasteiger partial charge < -0.3 is 9.32 Å². The summed E-state index contributed by atoms with van der Waals surface area (Å²) < 4.78 is 19.9. The highest BCUT2D eigenvalue weighted by Crippen LogP contribution is 2.31. The molecule has 1 amide bonds. The van der Waals surface area contributed by atoms with Crippen molar-refractivity contribution in [1.29, 1.82) is 0 Å². The quantitative estimate of drug-likeness (QED) is 0.305. The van der Waals surface area contributed by atoms with E-state index in [-0.39, 0.29) is 11.7 Å². The SMILES string of the molecule is O=C(c1ccc(CSc2nc(-c3ccc(F)cc3)cs2)o1)N1CCN(Cc2ccccc2)CC1. The van der Waals surface area contributed by atoms with Gasteiger partial charge in [-0.05, 0) is 42.0 Å². The van der Waals surface area contributed by atoms with Crippen LogP contribution in [0.1, 0.15) is 21.9 Å². The summed E-state index contributed by atoms with van der Waals surface area (Å²) in [5.74, 6) is 1.41. The van der Waals surface area contributed by atoms with Gasteiger partial charge in [-0.2, -0.15) is 0 Å². The third-order valence-electron chi connectivity index (χ3n) is 5.74. The molecule has 8 heteroatoms. The Morgan fingerprint density at radius 1 is 1.00 bits per heavy atom. The molecular weight excluding hydrogens is 469 g/mol. The van der Waals surface area contributed by atoms with Crippen molar-refractivity contribution in [2.45, 2.75) is 16.6 Å². The largest absolute Gasteiger partial charge is 0.455 e. The molecule has 34 heavy (non-hydrogen) atoms. The molecule has 5 rings (SSSR count). The lowest BCUT2D eigenvalue weighted by Gasteiger charge is -2.34. The molecule has 0 aliphatic carbocycles. The molecule has 3 heterocycles. The molecule has 0 atom stereocenters. The fraction of sp³-hybridized carbons (Fsp3) is 0.231. The number of nitrogens with zero attached hydrogens (tertiary/aromatic N) is 3.